The average molecular weight is 377 g/mol. The Morgan fingerprint density at radius 1 is 1.08 bits per heavy atom. The van der Waals surface area contributed by atoms with Crippen molar-refractivity contribution in [3.8, 4) is 5.75 Å². The van der Waals surface area contributed by atoms with Crippen LogP contribution in [0.5, 0.6) is 5.75 Å². The Kier molecular flexibility index (Phi) is 6.12. The Morgan fingerprint density at radius 2 is 1.81 bits per heavy atom. The first-order valence-electron chi connectivity index (χ1n) is 8.74. The SMILES string of the molecule is O=C(CCc1ccccc1O)N1CCN(Cc2ccc(F)cc2Cl)CC1. The summed E-state index contributed by atoms with van der Waals surface area (Å²) < 4.78 is 13.1. The van der Waals surface area contributed by atoms with Crippen molar-refractivity contribution in [1.29, 1.82) is 0 Å². The first kappa shape index (κ1) is 18.7. The van der Waals surface area contributed by atoms with Gasteiger partial charge in [0.1, 0.15) is 11.6 Å². The lowest BCUT2D eigenvalue weighted by molar-refractivity contribution is -0.133. The van der Waals surface area contributed by atoms with Gasteiger partial charge in [-0.3, -0.25) is 9.69 Å². The van der Waals surface area contributed by atoms with Crippen LogP contribution in [0.4, 0.5) is 4.39 Å². The number of hydrogen-bond acceptors (Lipinski definition) is 3. The maximum atomic E-state index is 13.1. The Balaban J connectivity index is 1.47. The number of halogens is 2. The Bertz CT molecular complexity index is 776. The number of carbonyl (C=O) groups excluding carboxylic acids is 1. The van der Waals surface area contributed by atoms with E-state index in [1.807, 2.05) is 17.0 Å². The third kappa shape index (κ3) is 4.74. The van der Waals surface area contributed by atoms with Crippen LogP contribution in [0.2, 0.25) is 5.02 Å². The molecule has 1 fully saturated rings. The zero-order valence-corrected chi connectivity index (χ0v) is 15.3. The second-order valence-corrected chi connectivity index (χ2v) is 6.93. The average Bonchev–Trinajstić information content (AvgIpc) is 2.64. The summed E-state index contributed by atoms with van der Waals surface area (Å²) in [6, 6.07) is 11.6. The number of phenolic OH excluding ortho intramolecular Hbond substituents is 1. The number of carbonyl (C=O) groups is 1. The molecule has 6 heteroatoms. The molecular weight excluding hydrogens is 355 g/mol. The summed E-state index contributed by atoms with van der Waals surface area (Å²) in [5.74, 6) is 0.00707. The third-order valence-electron chi connectivity index (χ3n) is 4.73. The van der Waals surface area contributed by atoms with E-state index in [9.17, 15) is 14.3 Å². The normalized spacial score (nSPS) is 15.2. The van der Waals surface area contributed by atoms with Crippen molar-refractivity contribution in [2.45, 2.75) is 19.4 Å². The Hall–Kier alpha value is -2.11. The van der Waals surface area contributed by atoms with Gasteiger partial charge in [0.05, 0.1) is 0 Å². The summed E-state index contributed by atoms with van der Waals surface area (Å²) in [6.07, 6.45) is 0.929. The topological polar surface area (TPSA) is 43.8 Å². The number of amides is 1. The molecule has 0 atom stereocenters. The monoisotopic (exact) mass is 376 g/mol. The van der Waals surface area contributed by atoms with E-state index in [0.717, 1.165) is 24.2 Å². The second-order valence-electron chi connectivity index (χ2n) is 6.52. The first-order chi connectivity index (χ1) is 12.5. The van der Waals surface area contributed by atoms with Crippen molar-refractivity contribution >= 4 is 17.5 Å². The van der Waals surface area contributed by atoms with Crippen LogP contribution in [0.25, 0.3) is 0 Å². The van der Waals surface area contributed by atoms with Crippen LogP contribution < -0.4 is 0 Å². The molecule has 0 saturated carbocycles. The number of hydrogen-bond donors (Lipinski definition) is 1. The predicted octanol–water partition coefficient (Wildman–Crippen LogP) is 3.46. The van der Waals surface area contributed by atoms with Crippen LogP contribution in [-0.4, -0.2) is 47.0 Å². The fraction of sp³-hybridized carbons (Fsp3) is 0.350. The molecule has 1 N–H and O–H groups in total. The van der Waals surface area contributed by atoms with Gasteiger partial charge < -0.3 is 10.0 Å². The standard InChI is InChI=1S/C20H22ClFN2O2/c21-18-13-17(22)7-5-16(18)14-23-9-11-24(12-10-23)20(26)8-6-15-3-1-2-4-19(15)25/h1-5,7,13,25H,6,8-12,14H2. The maximum Gasteiger partial charge on any atom is 0.222 e. The highest BCUT2D eigenvalue weighted by Gasteiger charge is 2.21. The minimum absolute atomic E-state index is 0.104. The number of rotatable bonds is 5. The quantitative estimate of drug-likeness (QED) is 0.869. The van der Waals surface area contributed by atoms with E-state index in [1.165, 1.54) is 12.1 Å². The van der Waals surface area contributed by atoms with Crippen molar-refractivity contribution in [2.75, 3.05) is 26.2 Å². The molecule has 3 rings (SSSR count). The Labute approximate surface area is 157 Å². The van der Waals surface area contributed by atoms with Gasteiger partial charge in [-0.05, 0) is 35.7 Å². The van der Waals surface area contributed by atoms with Gasteiger partial charge in [0, 0.05) is 44.2 Å². The largest absolute Gasteiger partial charge is 0.508 e. The van der Waals surface area contributed by atoms with Crippen LogP contribution in [0.15, 0.2) is 42.5 Å². The lowest BCUT2D eigenvalue weighted by Gasteiger charge is -2.35. The summed E-state index contributed by atoms with van der Waals surface area (Å²) in [7, 11) is 0. The fourth-order valence-electron chi connectivity index (χ4n) is 3.17. The van der Waals surface area contributed by atoms with E-state index in [2.05, 4.69) is 4.90 Å². The molecule has 1 aliphatic rings. The van der Waals surface area contributed by atoms with Crippen LogP contribution in [0, 0.1) is 5.82 Å². The highest BCUT2D eigenvalue weighted by Crippen LogP contribution is 2.21. The van der Waals surface area contributed by atoms with Crippen molar-refractivity contribution in [1.82, 2.24) is 9.80 Å². The van der Waals surface area contributed by atoms with Gasteiger partial charge in [0.2, 0.25) is 5.91 Å². The number of benzene rings is 2. The third-order valence-corrected chi connectivity index (χ3v) is 5.09. The number of nitrogens with zero attached hydrogens (tertiary/aromatic N) is 2. The van der Waals surface area contributed by atoms with Gasteiger partial charge in [0.25, 0.3) is 0 Å². The zero-order valence-electron chi connectivity index (χ0n) is 14.5. The molecule has 1 aliphatic heterocycles. The first-order valence-corrected chi connectivity index (χ1v) is 9.11. The molecule has 0 bridgehead atoms. The van der Waals surface area contributed by atoms with Gasteiger partial charge in [-0.1, -0.05) is 35.9 Å². The van der Waals surface area contributed by atoms with Gasteiger partial charge in [-0.25, -0.2) is 4.39 Å². The van der Waals surface area contributed by atoms with Crippen LogP contribution in [0.3, 0.4) is 0 Å². The molecule has 1 saturated heterocycles. The number of phenols is 1. The van der Waals surface area contributed by atoms with Crippen molar-refractivity contribution in [2.24, 2.45) is 0 Å². The summed E-state index contributed by atoms with van der Waals surface area (Å²) in [6.45, 7) is 3.50. The van der Waals surface area contributed by atoms with Gasteiger partial charge in [-0.15, -0.1) is 0 Å². The number of para-hydroxylation sites is 1. The summed E-state index contributed by atoms with van der Waals surface area (Å²) in [5, 5.41) is 10.2. The fourth-order valence-corrected chi connectivity index (χ4v) is 3.40. The van der Waals surface area contributed by atoms with Crippen LogP contribution in [0.1, 0.15) is 17.5 Å². The smallest absolute Gasteiger partial charge is 0.222 e. The minimum Gasteiger partial charge on any atom is -0.508 e. The van der Waals surface area contributed by atoms with E-state index >= 15 is 0 Å². The molecule has 4 nitrogen and oxygen atoms in total. The number of aromatic hydroxyl groups is 1. The van der Waals surface area contributed by atoms with E-state index in [-0.39, 0.29) is 17.5 Å². The lowest BCUT2D eigenvalue weighted by Crippen LogP contribution is -2.48. The molecule has 0 unspecified atom stereocenters. The van der Waals surface area contributed by atoms with Gasteiger partial charge >= 0.3 is 0 Å². The van der Waals surface area contributed by atoms with E-state index < -0.39 is 0 Å². The molecular formula is C20H22ClFN2O2. The predicted molar refractivity (Wildman–Crippen MR) is 99.7 cm³/mol. The summed E-state index contributed by atoms with van der Waals surface area (Å²) >= 11 is 6.09. The van der Waals surface area contributed by atoms with E-state index in [4.69, 9.17) is 11.6 Å². The van der Waals surface area contributed by atoms with Crippen LogP contribution >= 0.6 is 11.6 Å². The zero-order chi connectivity index (χ0) is 18.5. The minimum atomic E-state index is -0.335. The molecule has 1 amide bonds. The summed E-state index contributed by atoms with van der Waals surface area (Å²) in [4.78, 5) is 16.5. The van der Waals surface area contributed by atoms with Crippen LogP contribution in [-0.2, 0) is 17.8 Å². The maximum absolute atomic E-state index is 13.1. The molecule has 1 heterocycles. The molecule has 0 radical (unpaired) electrons. The number of piperazine rings is 1. The molecule has 138 valence electrons. The summed E-state index contributed by atoms with van der Waals surface area (Å²) in [5.41, 5.74) is 1.69. The van der Waals surface area contributed by atoms with E-state index in [1.54, 1.807) is 18.2 Å². The number of aryl methyl sites for hydroxylation is 1. The Morgan fingerprint density at radius 3 is 2.50 bits per heavy atom. The van der Waals surface area contributed by atoms with Gasteiger partial charge in [0.15, 0.2) is 0 Å². The highest BCUT2D eigenvalue weighted by atomic mass is 35.5. The van der Waals surface area contributed by atoms with E-state index in [0.29, 0.717) is 37.5 Å². The van der Waals surface area contributed by atoms with Crippen molar-refractivity contribution in [3.05, 3.63) is 64.4 Å². The second kappa shape index (κ2) is 8.52. The molecule has 0 aliphatic carbocycles. The highest BCUT2D eigenvalue weighted by molar-refractivity contribution is 6.31. The van der Waals surface area contributed by atoms with Crippen molar-refractivity contribution in [3.63, 3.8) is 0 Å². The molecule has 0 spiro atoms. The van der Waals surface area contributed by atoms with Crippen molar-refractivity contribution < 1.29 is 14.3 Å². The lowest BCUT2D eigenvalue weighted by atomic mass is 10.1. The molecule has 0 aromatic heterocycles. The van der Waals surface area contributed by atoms with Gasteiger partial charge in [-0.2, -0.15) is 0 Å². The molecule has 2 aromatic carbocycles. The molecule has 2 aromatic rings. The molecule has 26 heavy (non-hydrogen) atoms.